The number of hydrogen-bond donors (Lipinski definition) is 1. The summed E-state index contributed by atoms with van der Waals surface area (Å²) in [5.74, 6) is 0.449. The molecule has 1 amide bonds. The Bertz CT molecular complexity index is 473. The van der Waals surface area contributed by atoms with Gasteiger partial charge in [-0.3, -0.25) is 4.79 Å². The molecule has 0 saturated carbocycles. The molecule has 0 aliphatic heterocycles. The van der Waals surface area contributed by atoms with Crippen LogP contribution in [0.5, 0.6) is 5.75 Å². The van der Waals surface area contributed by atoms with Crippen molar-refractivity contribution in [1.29, 1.82) is 0 Å². The van der Waals surface area contributed by atoms with Gasteiger partial charge in [0, 0.05) is 10.2 Å². The molecule has 0 unspecified atom stereocenters. The van der Waals surface area contributed by atoms with E-state index in [4.69, 9.17) is 4.74 Å². The van der Waals surface area contributed by atoms with Crippen molar-refractivity contribution >= 4 is 27.5 Å². The maximum Gasteiger partial charge on any atom is 0.277 e. The maximum absolute atomic E-state index is 11.6. The summed E-state index contributed by atoms with van der Waals surface area (Å²) in [6, 6.07) is 5.65. The van der Waals surface area contributed by atoms with Gasteiger partial charge in [-0.05, 0) is 44.0 Å². The Kier molecular flexibility index (Phi) is 6.56. The summed E-state index contributed by atoms with van der Waals surface area (Å²) < 4.78 is 6.43. The largest absolute Gasteiger partial charge is 0.483 e. The van der Waals surface area contributed by atoms with Gasteiger partial charge >= 0.3 is 0 Å². The fourth-order valence-corrected chi connectivity index (χ4v) is 2.00. The Morgan fingerprint density at radius 1 is 1.47 bits per heavy atom. The normalized spacial score (nSPS) is 11.3. The minimum absolute atomic E-state index is 0.0363. The lowest BCUT2D eigenvalue weighted by Gasteiger charge is -2.08. The van der Waals surface area contributed by atoms with Gasteiger partial charge in [-0.15, -0.1) is 0 Å². The van der Waals surface area contributed by atoms with E-state index in [0.717, 1.165) is 28.6 Å². The van der Waals surface area contributed by atoms with Gasteiger partial charge in [-0.25, -0.2) is 5.43 Å². The number of hydrogen-bond acceptors (Lipinski definition) is 3. The second-order valence-electron chi connectivity index (χ2n) is 4.33. The number of halogens is 1. The SMILES string of the molecule is CCC/C(C)=N/NC(=O)COc1ccc(Br)cc1C. The highest BCUT2D eigenvalue weighted by Crippen LogP contribution is 2.21. The third kappa shape index (κ3) is 5.87. The van der Waals surface area contributed by atoms with E-state index in [1.165, 1.54) is 0 Å². The molecule has 19 heavy (non-hydrogen) atoms. The molecular weight excluding hydrogens is 308 g/mol. The van der Waals surface area contributed by atoms with Gasteiger partial charge in [-0.2, -0.15) is 5.10 Å². The fourth-order valence-electron chi connectivity index (χ4n) is 1.53. The first-order valence-corrected chi connectivity index (χ1v) is 7.03. The van der Waals surface area contributed by atoms with Gasteiger partial charge in [0.2, 0.25) is 0 Å². The topological polar surface area (TPSA) is 50.7 Å². The van der Waals surface area contributed by atoms with Crippen molar-refractivity contribution in [1.82, 2.24) is 5.43 Å². The van der Waals surface area contributed by atoms with Crippen LogP contribution in [0.2, 0.25) is 0 Å². The summed E-state index contributed by atoms with van der Waals surface area (Å²) in [7, 11) is 0. The van der Waals surface area contributed by atoms with E-state index < -0.39 is 0 Å². The molecule has 0 fully saturated rings. The van der Waals surface area contributed by atoms with Crippen molar-refractivity contribution in [3.05, 3.63) is 28.2 Å². The van der Waals surface area contributed by atoms with E-state index >= 15 is 0 Å². The third-order valence-corrected chi connectivity index (χ3v) is 2.97. The zero-order valence-corrected chi connectivity index (χ0v) is 13.1. The summed E-state index contributed by atoms with van der Waals surface area (Å²) >= 11 is 3.38. The molecule has 0 saturated heterocycles. The summed E-state index contributed by atoms with van der Waals surface area (Å²) in [6.07, 6.45) is 1.90. The van der Waals surface area contributed by atoms with Crippen LogP contribution >= 0.6 is 15.9 Å². The highest BCUT2D eigenvalue weighted by atomic mass is 79.9. The van der Waals surface area contributed by atoms with Gasteiger partial charge in [0.05, 0.1) is 0 Å². The first-order valence-electron chi connectivity index (χ1n) is 6.24. The standard InChI is InChI=1S/C14H19BrN2O2/c1-4-5-11(3)16-17-14(18)9-19-13-7-6-12(15)8-10(13)2/h6-8H,4-5,9H2,1-3H3,(H,17,18)/b16-11+. The number of rotatable bonds is 6. The van der Waals surface area contributed by atoms with Crippen LogP contribution < -0.4 is 10.2 Å². The van der Waals surface area contributed by atoms with Crippen molar-refractivity contribution < 1.29 is 9.53 Å². The lowest BCUT2D eigenvalue weighted by molar-refractivity contribution is -0.123. The molecule has 0 aliphatic carbocycles. The summed E-state index contributed by atoms with van der Waals surface area (Å²) in [4.78, 5) is 11.6. The van der Waals surface area contributed by atoms with E-state index in [1.807, 2.05) is 32.0 Å². The minimum Gasteiger partial charge on any atom is -0.483 e. The molecule has 4 nitrogen and oxygen atoms in total. The molecule has 1 aromatic carbocycles. The van der Waals surface area contributed by atoms with Crippen molar-refractivity contribution in [2.24, 2.45) is 5.10 Å². The molecule has 0 spiro atoms. The summed E-state index contributed by atoms with van der Waals surface area (Å²) in [5.41, 5.74) is 4.38. The quantitative estimate of drug-likeness (QED) is 0.643. The Morgan fingerprint density at radius 3 is 2.84 bits per heavy atom. The number of aryl methyl sites for hydroxylation is 1. The Labute approximate surface area is 122 Å². The molecule has 0 heterocycles. The van der Waals surface area contributed by atoms with Crippen LogP contribution in [0.1, 0.15) is 32.3 Å². The van der Waals surface area contributed by atoms with Crippen LogP contribution in [0.25, 0.3) is 0 Å². The molecule has 0 radical (unpaired) electrons. The average Bonchev–Trinajstić information content (AvgIpc) is 2.35. The van der Waals surface area contributed by atoms with Gasteiger partial charge in [0.15, 0.2) is 6.61 Å². The van der Waals surface area contributed by atoms with Crippen LogP contribution in [0.3, 0.4) is 0 Å². The van der Waals surface area contributed by atoms with E-state index in [9.17, 15) is 4.79 Å². The summed E-state index contributed by atoms with van der Waals surface area (Å²) in [5, 5.41) is 3.99. The average molecular weight is 327 g/mol. The van der Waals surface area contributed by atoms with Gasteiger partial charge < -0.3 is 4.74 Å². The number of amides is 1. The first kappa shape index (κ1) is 15.7. The van der Waals surface area contributed by atoms with Gasteiger partial charge in [-0.1, -0.05) is 29.3 Å². The van der Waals surface area contributed by atoms with Crippen LogP contribution in [-0.4, -0.2) is 18.2 Å². The minimum atomic E-state index is -0.252. The number of nitrogens with zero attached hydrogens (tertiary/aromatic N) is 1. The van der Waals surface area contributed by atoms with E-state index in [1.54, 1.807) is 0 Å². The third-order valence-electron chi connectivity index (χ3n) is 2.48. The Morgan fingerprint density at radius 2 is 2.21 bits per heavy atom. The second kappa shape index (κ2) is 7.94. The summed E-state index contributed by atoms with van der Waals surface area (Å²) in [6.45, 7) is 5.86. The molecule has 0 aliphatic rings. The molecule has 1 aromatic rings. The van der Waals surface area contributed by atoms with Gasteiger partial charge in [0.25, 0.3) is 5.91 Å². The Balaban J connectivity index is 2.44. The lowest BCUT2D eigenvalue weighted by atomic mass is 10.2. The zero-order valence-electron chi connectivity index (χ0n) is 11.5. The van der Waals surface area contributed by atoms with Gasteiger partial charge in [0.1, 0.15) is 5.75 Å². The monoisotopic (exact) mass is 326 g/mol. The van der Waals surface area contributed by atoms with Crippen molar-refractivity contribution in [3.8, 4) is 5.75 Å². The van der Waals surface area contributed by atoms with Crippen molar-refractivity contribution in [3.63, 3.8) is 0 Å². The number of carbonyl (C=O) groups is 1. The van der Waals surface area contributed by atoms with Crippen LogP contribution in [0.15, 0.2) is 27.8 Å². The predicted molar refractivity (Wildman–Crippen MR) is 80.5 cm³/mol. The highest BCUT2D eigenvalue weighted by Gasteiger charge is 2.04. The number of benzene rings is 1. The van der Waals surface area contributed by atoms with E-state index in [2.05, 4.69) is 33.4 Å². The van der Waals surface area contributed by atoms with Crippen LogP contribution in [-0.2, 0) is 4.79 Å². The molecule has 1 N–H and O–H groups in total. The zero-order chi connectivity index (χ0) is 14.3. The first-order chi connectivity index (χ1) is 9.02. The van der Waals surface area contributed by atoms with Crippen LogP contribution in [0, 0.1) is 6.92 Å². The molecule has 0 atom stereocenters. The van der Waals surface area contributed by atoms with Crippen LogP contribution in [0.4, 0.5) is 0 Å². The van der Waals surface area contributed by atoms with E-state index in [0.29, 0.717) is 5.75 Å². The maximum atomic E-state index is 11.6. The number of hydrazone groups is 1. The smallest absolute Gasteiger partial charge is 0.277 e. The molecule has 0 aromatic heterocycles. The molecular formula is C14H19BrN2O2. The number of carbonyl (C=O) groups excluding carboxylic acids is 1. The van der Waals surface area contributed by atoms with Crippen molar-refractivity contribution in [2.75, 3.05) is 6.61 Å². The molecule has 5 heteroatoms. The molecule has 0 bridgehead atoms. The van der Waals surface area contributed by atoms with Crippen molar-refractivity contribution in [2.45, 2.75) is 33.6 Å². The second-order valence-corrected chi connectivity index (χ2v) is 5.25. The fraction of sp³-hybridized carbons (Fsp3) is 0.429. The number of ether oxygens (including phenoxy) is 1. The number of nitrogens with one attached hydrogen (secondary N) is 1. The predicted octanol–water partition coefficient (Wildman–Crippen LogP) is 3.43. The molecule has 104 valence electrons. The highest BCUT2D eigenvalue weighted by molar-refractivity contribution is 9.10. The molecule has 1 rings (SSSR count). The van der Waals surface area contributed by atoms with E-state index in [-0.39, 0.29) is 12.5 Å². The lowest BCUT2D eigenvalue weighted by Crippen LogP contribution is -2.25. The Hall–Kier alpha value is -1.36.